The van der Waals surface area contributed by atoms with Crippen molar-refractivity contribution in [3.8, 4) is 5.75 Å². The number of rotatable bonds is 10. The van der Waals surface area contributed by atoms with Crippen LogP contribution >= 0.6 is 0 Å². The molecule has 2 aromatic carbocycles. The van der Waals surface area contributed by atoms with Gasteiger partial charge in [0.05, 0.1) is 16.7 Å². The van der Waals surface area contributed by atoms with Gasteiger partial charge in [0.2, 0.25) is 0 Å². The summed E-state index contributed by atoms with van der Waals surface area (Å²) in [4.78, 5) is 82.1. The highest BCUT2D eigenvalue weighted by molar-refractivity contribution is 6.21. The van der Waals surface area contributed by atoms with Crippen LogP contribution in [-0.2, 0) is 24.6 Å². The summed E-state index contributed by atoms with van der Waals surface area (Å²) >= 11 is 0. The van der Waals surface area contributed by atoms with Gasteiger partial charge in [-0.2, -0.15) is 0 Å². The van der Waals surface area contributed by atoms with E-state index in [-0.39, 0.29) is 11.3 Å². The van der Waals surface area contributed by atoms with Gasteiger partial charge < -0.3 is 35.4 Å². The summed E-state index contributed by atoms with van der Waals surface area (Å²) in [5.74, 6) is -14.0. The number of carbonyl (C=O) groups excluding carboxylic acids is 1. The lowest BCUT2D eigenvalue weighted by Crippen LogP contribution is -2.62. The minimum absolute atomic E-state index is 0.303. The second-order valence-corrected chi connectivity index (χ2v) is 7.38. The van der Waals surface area contributed by atoms with Crippen molar-refractivity contribution in [3.63, 3.8) is 0 Å². The maximum Gasteiger partial charge on any atom is 0.343 e. The largest absolute Gasteiger partial charge is 0.481 e. The molecule has 188 valence electrons. The Bertz CT molecular complexity index is 1270. The molecular formula is C22H16O14. The molecule has 0 saturated carbocycles. The normalized spacial score (nSPS) is 12.6. The molecule has 0 aromatic heterocycles. The molecule has 2 rings (SSSR count). The van der Waals surface area contributed by atoms with Crippen molar-refractivity contribution < 1.29 is 68.9 Å². The first kappa shape index (κ1) is 27.0. The van der Waals surface area contributed by atoms with Crippen molar-refractivity contribution in [2.24, 2.45) is 5.41 Å². The molecular weight excluding hydrogens is 488 g/mol. The van der Waals surface area contributed by atoms with E-state index in [1.54, 1.807) is 0 Å². The summed E-state index contributed by atoms with van der Waals surface area (Å²) in [6.07, 6.45) is 0. The SMILES string of the molecule is CC(C(=O)O)(c1ccc(OC(=O)c2ccc(C(=O)O)c(C(=O)O)c2)cc1)C(C(=O)O)(C(=O)O)C(=O)O. The Labute approximate surface area is 199 Å². The molecule has 0 aliphatic rings. The fourth-order valence-electron chi connectivity index (χ4n) is 3.47. The van der Waals surface area contributed by atoms with E-state index in [0.29, 0.717) is 6.92 Å². The van der Waals surface area contributed by atoms with Gasteiger partial charge in [-0.25, -0.2) is 14.4 Å². The minimum atomic E-state index is -3.84. The van der Waals surface area contributed by atoms with E-state index in [1.165, 1.54) is 0 Å². The Hall–Kier alpha value is -5.27. The number of hydrogen-bond donors (Lipinski definition) is 6. The van der Waals surface area contributed by atoms with Crippen LogP contribution in [0, 0.1) is 5.41 Å². The highest BCUT2D eigenvalue weighted by atomic mass is 16.5. The van der Waals surface area contributed by atoms with Crippen molar-refractivity contribution in [1.29, 1.82) is 0 Å². The number of hydrogen-bond acceptors (Lipinski definition) is 8. The second-order valence-electron chi connectivity index (χ2n) is 7.38. The van der Waals surface area contributed by atoms with E-state index in [0.717, 1.165) is 42.5 Å². The summed E-state index contributed by atoms with van der Waals surface area (Å²) in [6, 6.07) is 6.14. The van der Waals surface area contributed by atoms with Crippen LogP contribution in [0.1, 0.15) is 43.6 Å². The summed E-state index contributed by atoms with van der Waals surface area (Å²) in [7, 11) is 0. The number of carboxylic acid groups (broad SMARTS) is 6. The van der Waals surface area contributed by atoms with Gasteiger partial charge in [-0.05, 0) is 42.8 Å². The summed E-state index contributed by atoms with van der Waals surface area (Å²) in [5.41, 5.74) is -9.09. The minimum Gasteiger partial charge on any atom is -0.481 e. The molecule has 14 nitrogen and oxygen atoms in total. The average molecular weight is 504 g/mol. The fourth-order valence-corrected chi connectivity index (χ4v) is 3.47. The van der Waals surface area contributed by atoms with Crippen LogP contribution in [0.4, 0.5) is 0 Å². The lowest BCUT2D eigenvalue weighted by atomic mass is 9.60. The molecule has 0 radical (unpaired) electrons. The fraction of sp³-hybridized carbons (Fsp3) is 0.136. The van der Waals surface area contributed by atoms with E-state index in [9.17, 15) is 54.0 Å². The number of ether oxygens (including phenoxy) is 1. The van der Waals surface area contributed by atoms with Gasteiger partial charge in [0.1, 0.15) is 11.2 Å². The molecule has 2 aromatic rings. The molecule has 0 aliphatic carbocycles. The van der Waals surface area contributed by atoms with Crippen LogP contribution in [-0.4, -0.2) is 72.4 Å². The quantitative estimate of drug-likeness (QED) is 0.149. The van der Waals surface area contributed by atoms with Gasteiger partial charge >= 0.3 is 41.8 Å². The maximum atomic E-state index is 12.4. The van der Waals surface area contributed by atoms with Crippen LogP contribution in [0.15, 0.2) is 42.5 Å². The van der Waals surface area contributed by atoms with Crippen LogP contribution in [0.25, 0.3) is 0 Å². The molecule has 0 bridgehead atoms. The Balaban J connectivity index is 2.50. The molecule has 0 saturated heterocycles. The first-order valence-electron chi connectivity index (χ1n) is 9.49. The van der Waals surface area contributed by atoms with E-state index in [1.807, 2.05) is 0 Å². The van der Waals surface area contributed by atoms with Crippen molar-refractivity contribution in [3.05, 3.63) is 64.7 Å². The highest BCUT2D eigenvalue weighted by Gasteiger charge is 2.71. The number of carboxylic acids is 6. The molecule has 0 spiro atoms. The van der Waals surface area contributed by atoms with E-state index in [2.05, 4.69) is 0 Å². The number of benzene rings is 2. The molecule has 0 amide bonds. The Morgan fingerprint density at radius 3 is 1.50 bits per heavy atom. The molecule has 1 unspecified atom stereocenters. The van der Waals surface area contributed by atoms with Crippen LogP contribution in [0.3, 0.4) is 0 Å². The van der Waals surface area contributed by atoms with Gasteiger partial charge in [-0.1, -0.05) is 12.1 Å². The number of esters is 1. The van der Waals surface area contributed by atoms with E-state index in [4.69, 9.17) is 14.9 Å². The monoisotopic (exact) mass is 504 g/mol. The number of aliphatic carboxylic acids is 4. The first-order chi connectivity index (χ1) is 16.6. The predicted molar refractivity (Wildman–Crippen MR) is 112 cm³/mol. The first-order valence-corrected chi connectivity index (χ1v) is 9.49. The van der Waals surface area contributed by atoms with Crippen molar-refractivity contribution in [2.75, 3.05) is 0 Å². The molecule has 6 N–H and O–H groups in total. The lowest BCUT2D eigenvalue weighted by Gasteiger charge is -2.36. The molecule has 14 heteroatoms. The van der Waals surface area contributed by atoms with Gasteiger partial charge in [0.25, 0.3) is 5.41 Å². The van der Waals surface area contributed by atoms with Crippen molar-refractivity contribution in [2.45, 2.75) is 12.3 Å². The Morgan fingerprint density at radius 1 is 0.639 bits per heavy atom. The van der Waals surface area contributed by atoms with Crippen molar-refractivity contribution >= 4 is 41.8 Å². The third kappa shape index (κ3) is 4.18. The third-order valence-corrected chi connectivity index (χ3v) is 5.50. The summed E-state index contributed by atoms with van der Waals surface area (Å²) in [6.45, 7) is 0.601. The van der Waals surface area contributed by atoms with Crippen LogP contribution < -0.4 is 4.74 Å². The van der Waals surface area contributed by atoms with E-state index >= 15 is 0 Å². The number of aromatic carboxylic acids is 2. The van der Waals surface area contributed by atoms with E-state index < -0.39 is 69.3 Å². The smallest absolute Gasteiger partial charge is 0.343 e. The maximum absolute atomic E-state index is 12.4. The molecule has 36 heavy (non-hydrogen) atoms. The lowest BCUT2D eigenvalue weighted by molar-refractivity contribution is -0.187. The van der Waals surface area contributed by atoms with Gasteiger partial charge in [0, 0.05) is 0 Å². The number of carbonyl (C=O) groups is 7. The molecule has 0 fully saturated rings. The highest BCUT2D eigenvalue weighted by Crippen LogP contribution is 2.44. The predicted octanol–water partition coefficient (Wildman–Crippen LogP) is 0.885. The zero-order valence-corrected chi connectivity index (χ0v) is 18.0. The van der Waals surface area contributed by atoms with Crippen LogP contribution in [0.2, 0.25) is 0 Å². The zero-order valence-electron chi connectivity index (χ0n) is 18.0. The van der Waals surface area contributed by atoms with Gasteiger partial charge in [-0.15, -0.1) is 0 Å². The van der Waals surface area contributed by atoms with Crippen molar-refractivity contribution in [1.82, 2.24) is 0 Å². The molecule has 0 aliphatic heterocycles. The Morgan fingerprint density at radius 2 is 1.11 bits per heavy atom. The zero-order chi connectivity index (χ0) is 27.6. The summed E-state index contributed by atoms with van der Waals surface area (Å²) < 4.78 is 5.02. The molecule has 0 heterocycles. The average Bonchev–Trinajstić information content (AvgIpc) is 2.78. The summed E-state index contributed by atoms with van der Waals surface area (Å²) in [5, 5.41) is 56.3. The standard InChI is InChI=1S/C22H16O14/c1-21(17(28)29,22(18(30)31,19(32)33)20(34)35)10-3-5-11(6-4-10)36-16(27)9-2-7-12(14(23)24)13(8-9)15(25)26/h2-8H,1H3,(H,23,24)(H,25,26)(H,28,29)(H,30,31)(H,32,33)(H,34,35). The van der Waals surface area contributed by atoms with Crippen LogP contribution in [0.5, 0.6) is 5.75 Å². The topological polar surface area (TPSA) is 250 Å². The molecule has 1 atom stereocenters. The van der Waals surface area contributed by atoms with Gasteiger partial charge in [0.15, 0.2) is 0 Å². The van der Waals surface area contributed by atoms with Gasteiger partial charge in [-0.3, -0.25) is 19.2 Å². The Kier molecular flexibility index (Phi) is 7.15. The third-order valence-electron chi connectivity index (χ3n) is 5.50. The second kappa shape index (κ2) is 9.54.